The lowest BCUT2D eigenvalue weighted by Gasteiger charge is -2.13. The number of hydrogen-bond donors (Lipinski definition) is 0. The zero-order chi connectivity index (χ0) is 13.1. The van der Waals surface area contributed by atoms with Crippen LogP contribution < -0.4 is 0 Å². The van der Waals surface area contributed by atoms with E-state index in [4.69, 9.17) is 4.84 Å². The Labute approximate surface area is 105 Å². The summed E-state index contributed by atoms with van der Waals surface area (Å²) in [6, 6.07) is 9.31. The summed E-state index contributed by atoms with van der Waals surface area (Å²) in [5.74, 6) is -0.271. The van der Waals surface area contributed by atoms with Crippen molar-refractivity contribution in [1.82, 2.24) is 10.0 Å². The highest BCUT2D eigenvalue weighted by atomic mass is 16.7. The minimum absolute atomic E-state index is 0.271. The van der Waals surface area contributed by atoms with Crippen molar-refractivity contribution in [2.45, 2.75) is 0 Å². The van der Waals surface area contributed by atoms with Gasteiger partial charge in [-0.2, -0.15) is 0 Å². The van der Waals surface area contributed by atoms with Gasteiger partial charge in [-0.05, 0) is 23.8 Å². The first-order chi connectivity index (χ1) is 8.65. The van der Waals surface area contributed by atoms with Crippen LogP contribution in [0.3, 0.4) is 0 Å². The summed E-state index contributed by atoms with van der Waals surface area (Å²) in [5.41, 5.74) is 2.16. The number of benzene rings is 1. The van der Waals surface area contributed by atoms with Crippen molar-refractivity contribution in [2.24, 2.45) is 0 Å². The summed E-state index contributed by atoms with van der Waals surface area (Å²) >= 11 is 0. The molecule has 0 saturated heterocycles. The summed E-state index contributed by atoms with van der Waals surface area (Å²) in [6.45, 7) is 3.72. The maximum atomic E-state index is 11.9. The molecule has 0 aliphatic carbocycles. The van der Waals surface area contributed by atoms with E-state index < -0.39 is 0 Å². The monoisotopic (exact) mass is 242 g/mol. The van der Waals surface area contributed by atoms with Crippen LogP contribution in [0.5, 0.6) is 0 Å². The Bertz CT molecular complexity index is 608. The Kier molecular flexibility index (Phi) is 3.39. The van der Waals surface area contributed by atoms with Gasteiger partial charge < -0.3 is 0 Å². The highest BCUT2D eigenvalue weighted by Crippen LogP contribution is 2.16. The Morgan fingerprint density at radius 3 is 2.83 bits per heavy atom. The highest BCUT2D eigenvalue weighted by molar-refractivity contribution is 5.94. The van der Waals surface area contributed by atoms with Crippen LogP contribution in [0.25, 0.3) is 17.0 Å². The molecule has 0 radical (unpaired) electrons. The fraction of sp³-hybridized carbons (Fsp3) is 0.143. The molecule has 0 unspecified atom stereocenters. The highest BCUT2D eigenvalue weighted by Gasteiger charge is 2.13. The quantitative estimate of drug-likeness (QED) is 0.777. The molecule has 0 saturated carbocycles. The van der Waals surface area contributed by atoms with E-state index in [9.17, 15) is 4.79 Å². The van der Waals surface area contributed by atoms with Crippen molar-refractivity contribution in [2.75, 3.05) is 14.2 Å². The standard InChI is InChI=1S/C14H14N2O2/c1-4-10-5-7-12-11(9-10)6-8-13(15-12)14(17)16(2)18-3/h4-9H,1H2,2-3H3. The third kappa shape index (κ3) is 2.24. The molecule has 1 aromatic carbocycles. The van der Waals surface area contributed by atoms with E-state index in [1.807, 2.05) is 24.3 Å². The molecule has 1 heterocycles. The van der Waals surface area contributed by atoms with Crippen molar-refractivity contribution in [3.05, 3.63) is 48.2 Å². The predicted octanol–water partition coefficient (Wildman–Crippen LogP) is 2.51. The van der Waals surface area contributed by atoms with Crippen LogP contribution in [0.4, 0.5) is 0 Å². The number of amides is 1. The molecule has 2 rings (SSSR count). The fourth-order valence-electron chi connectivity index (χ4n) is 1.63. The number of carbonyl (C=O) groups excluding carboxylic acids is 1. The Balaban J connectivity index is 2.45. The van der Waals surface area contributed by atoms with Crippen LogP contribution in [0.2, 0.25) is 0 Å². The Morgan fingerprint density at radius 1 is 1.39 bits per heavy atom. The lowest BCUT2D eigenvalue weighted by molar-refractivity contribution is -0.0760. The van der Waals surface area contributed by atoms with Crippen LogP contribution in [-0.2, 0) is 4.84 Å². The van der Waals surface area contributed by atoms with Gasteiger partial charge in [0.15, 0.2) is 0 Å². The molecule has 0 fully saturated rings. The van der Waals surface area contributed by atoms with Crippen LogP contribution in [0.1, 0.15) is 16.1 Å². The van der Waals surface area contributed by atoms with Gasteiger partial charge in [0, 0.05) is 12.4 Å². The van der Waals surface area contributed by atoms with Gasteiger partial charge in [0.2, 0.25) is 0 Å². The molecule has 0 N–H and O–H groups in total. The van der Waals surface area contributed by atoms with Crippen LogP contribution in [-0.4, -0.2) is 30.1 Å². The minimum atomic E-state index is -0.271. The van der Waals surface area contributed by atoms with Crippen molar-refractivity contribution in [1.29, 1.82) is 0 Å². The third-order valence-corrected chi connectivity index (χ3v) is 2.73. The van der Waals surface area contributed by atoms with Crippen LogP contribution in [0.15, 0.2) is 36.9 Å². The molecule has 0 spiro atoms. The molecular weight excluding hydrogens is 228 g/mol. The number of nitrogens with zero attached hydrogens (tertiary/aromatic N) is 2. The first-order valence-corrected chi connectivity index (χ1v) is 5.51. The molecule has 1 amide bonds. The third-order valence-electron chi connectivity index (χ3n) is 2.73. The van der Waals surface area contributed by atoms with Gasteiger partial charge in [-0.15, -0.1) is 0 Å². The van der Waals surface area contributed by atoms with E-state index in [-0.39, 0.29) is 5.91 Å². The fourth-order valence-corrected chi connectivity index (χ4v) is 1.63. The van der Waals surface area contributed by atoms with E-state index >= 15 is 0 Å². The first kappa shape index (κ1) is 12.3. The molecule has 18 heavy (non-hydrogen) atoms. The van der Waals surface area contributed by atoms with Gasteiger partial charge >= 0.3 is 0 Å². The lowest BCUT2D eigenvalue weighted by Crippen LogP contribution is -2.26. The van der Waals surface area contributed by atoms with Gasteiger partial charge in [-0.1, -0.05) is 24.8 Å². The predicted molar refractivity (Wildman–Crippen MR) is 70.9 cm³/mol. The molecule has 0 bridgehead atoms. The van der Waals surface area contributed by atoms with Crippen LogP contribution in [0, 0.1) is 0 Å². The molecule has 0 aliphatic rings. The summed E-state index contributed by atoms with van der Waals surface area (Å²) in [7, 11) is 2.99. The summed E-state index contributed by atoms with van der Waals surface area (Å²) in [4.78, 5) is 21.0. The lowest BCUT2D eigenvalue weighted by atomic mass is 10.1. The SMILES string of the molecule is C=Cc1ccc2nc(C(=O)N(C)OC)ccc2c1. The normalized spacial score (nSPS) is 10.3. The number of hydrogen-bond acceptors (Lipinski definition) is 3. The van der Waals surface area contributed by atoms with Gasteiger partial charge in [-0.3, -0.25) is 9.63 Å². The van der Waals surface area contributed by atoms with Crippen molar-refractivity contribution >= 4 is 22.9 Å². The zero-order valence-electron chi connectivity index (χ0n) is 10.4. The second kappa shape index (κ2) is 4.98. The molecule has 0 aliphatic heterocycles. The van der Waals surface area contributed by atoms with Crippen molar-refractivity contribution in [3.8, 4) is 0 Å². The minimum Gasteiger partial charge on any atom is -0.274 e. The Morgan fingerprint density at radius 2 is 2.17 bits per heavy atom. The summed E-state index contributed by atoms with van der Waals surface area (Å²) < 4.78 is 0. The van der Waals surface area contributed by atoms with E-state index in [2.05, 4.69) is 11.6 Å². The number of pyridine rings is 1. The van der Waals surface area contributed by atoms with E-state index in [1.165, 1.54) is 7.11 Å². The maximum Gasteiger partial charge on any atom is 0.295 e. The molecule has 0 atom stereocenters. The maximum absolute atomic E-state index is 11.9. The largest absolute Gasteiger partial charge is 0.295 e. The first-order valence-electron chi connectivity index (χ1n) is 5.51. The molecule has 92 valence electrons. The van der Waals surface area contributed by atoms with Gasteiger partial charge in [0.05, 0.1) is 12.6 Å². The topological polar surface area (TPSA) is 42.4 Å². The summed E-state index contributed by atoms with van der Waals surface area (Å²) in [5, 5.41) is 2.12. The molecule has 2 aromatic rings. The molecule has 1 aromatic heterocycles. The smallest absolute Gasteiger partial charge is 0.274 e. The molecule has 4 heteroatoms. The van der Waals surface area contributed by atoms with Crippen LogP contribution >= 0.6 is 0 Å². The van der Waals surface area contributed by atoms with E-state index in [0.717, 1.165) is 21.5 Å². The molecule has 4 nitrogen and oxygen atoms in total. The van der Waals surface area contributed by atoms with Gasteiger partial charge in [0.1, 0.15) is 5.69 Å². The second-order valence-electron chi connectivity index (χ2n) is 3.84. The molecular formula is C14H14N2O2. The number of hydroxylamine groups is 2. The number of aromatic nitrogens is 1. The van der Waals surface area contributed by atoms with Gasteiger partial charge in [0.25, 0.3) is 5.91 Å². The van der Waals surface area contributed by atoms with Gasteiger partial charge in [-0.25, -0.2) is 10.0 Å². The second-order valence-corrected chi connectivity index (χ2v) is 3.84. The van der Waals surface area contributed by atoms with E-state index in [0.29, 0.717) is 5.69 Å². The van der Waals surface area contributed by atoms with Crippen molar-refractivity contribution < 1.29 is 9.63 Å². The number of carbonyl (C=O) groups is 1. The average Bonchev–Trinajstić information content (AvgIpc) is 2.44. The Hall–Kier alpha value is -2.20. The summed E-state index contributed by atoms with van der Waals surface area (Å²) in [6.07, 6.45) is 1.78. The number of rotatable bonds is 3. The van der Waals surface area contributed by atoms with E-state index in [1.54, 1.807) is 19.2 Å². The zero-order valence-corrected chi connectivity index (χ0v) is 10.4. The number of fused-ring (bicyclic) bond motifs is 1. The average molecular weight is 242 g/mol. The van der Waals surface area contributed by atoms with Crippen molar-refractivity contribution in [3.63, 3.8) is 0 Å².